The van der Waals surface area contributed by atoms with Crippen LogP contribution in [0.3, 0.4) is 0 Å². The number of amides is 1. The third kappa shape index (κ3) is 4.90. The number of rotatable bonds is 6. The summed E-state index contributed by atoms with van der Waals surface area (Å²) in [6.07, 6.45) is 4.58. The highest BCUT2D eigenvalue weighted by Crippen LogP contribution is 2.38. The molecule has 4 aromatic rings. The second-order valence-electron chi connectivity index (χ2n) is 8.64. The molecule has 0 radical (unpaired) electrons. The summed E-state index contributed by atoms with van der Waals surface area (Å²) in [4.78, 5) is 15.6. The Kier molecular flexibility index (Phi) is 6.51. The second kappa shape index (κ2) is 10.2. The molecule has 1 saturated heterocycles. The van der Waals surface area contributed by atoms with Gasteiger partial charge in [-0.2, -0.15) is 5.10 Å². The maximum atomic E-state index is 13.3. The Bertz CT molecular complexity index is 1500. The van der Waals surface area contributed by atoms with E-state index in [-0.39, 0.29) is 5.91 Å². The molecule has 0 unspecified atom stereocenters. The number of hydrogen-bond acceptors (Lipinski definition) is 6. The summed E-state index contributed by atoms with van der Waals surface area (Å²) in [6.45, 7) is 1.59. The summed E-state index contributed by atoms with van der Waals surface area (Å²) in [6, 6.07) is 25.8. The summed E-state index contributed by atoms with van der Waals surface area (Å²) in [7, 11) is 0. The molecule has 0 atom stereocenters. The van der Waals surface area contributed by atoms with Gasteiger partial charge in [0.15, 0.2) is 11.5 Å². The fourth-order valence-corrected chi connectivity index (χ4v) is 5.64. The Labute approximate surface area is 224 Å². The van der Waals surface area contributed by atoms with Crippen molar-refractivity contribution in [3.63, 3.8) is 0 Å². The van der Waals surface area contributed by atoms with Crippen LogP contribution in [0, 0.1) is 0 Å². The summed E-state index contributed by atoms with van der Waals surface area (Å²) < 4.78 is 13.9. The van der Waals surface area contributed by atoms with Gasteiger partial charge in [0.2, 0.25) is 0 Å². The van der Waals surface area contributed by atoms with Crippen molar-refractivity contribution >= 4 is 40.3 Å². The van der Waals surface area contributed by atoms with Crippen LogP contribution in [-0.2, 0) is 11.2 Å². The first-order valence-corrected chi connectivity index (χ1v) is 13.2. The van der Waals surface area contributed by atoms with Crippen LogP contribution in [0.1, 0.15) is 11.1 Å². The highest BCUT2D eigenvalue weighted by molar-refractivity contribution is 8.26. The standard InChI is InChI=1S/C29H23N3O3S2/c33-28-26(37-29(36)31(28)14-13-20-7-3-1-4-8-20)18-22-19-32(23-9-5-2-6-10-23)30-27(22)21-11-12-24-25(17-21)35-16-15-34-24/h1-12,17-19H,13-16H2/b26-18-. The summed E-state index contributed by atoms with van der Waals surface area (Å²) in [5.74, 6) is 1.33. The van der Waals surface area contributed by atoms with E-state index in [1.54, 1.807) is 4.90 Å². The number of nitrogens with zero attached hydrogens (tertiary/aromatic N) is 3. The minimum Gasteiger partial charge on any atom is -0.486 e. The Balaban J connectivity index is 1.34. The Morgan fingerprint density at radius 1 is 0.946 bits per heavy atom. The van der Waals surface area contributed by atoms with E-state index in [0.717, 1.165) is 34.7 Å². The first-order valence-electron chi connectivity index (χ1n) is 12.0. The minimum atomic E-state index is -0.0773. The summed E-state index contributed by atoms with van der Waals surface area (Å²) >= 11 is 6.91. The molecular formula is C29H23N3O3S2. The van der Waals surface area contributed by atoms with E-state index in [1.165, 1.54) is 17.3 Å². The summed E-state index contributed by atoms with van der Waals surface area (Å²) in [5.41, 5.74) is 4.55. The van der Waals surface area contributed by atoms with Crippen LogP contribution in [0.2, 0.25) is 0 Å². The first kappa shape index (κ1) is 23.5. The molecule has 184 valence electrons. The molecule has 0 spiro atoms. The van der Waals surface area contributed by atoms with Gasteiger partial charge in [-0.05, 0) is 48.4 Å². The van der Waals surface area contributed by atoms with Crippen molar-refractivity contribution in [3.05, 3.63) is 101 Å². The number of aromatic nitrogens is 2. The van der Waals surface area contributed by atoms with E-state index in [2.05, 4.69) is 12.1 Å². The molecule has 0 aliphatic carbocycles. The van der Waals surface area contributed by atoms with E-state index in [1.807, 2.05) is 83.7 Å². The lowest BCUT2D eigenvalue weighted by atomic mass is 10.1. The maximum absolute atomic E-state index is 13.3. The Morgan fingerprint density at radius 3 is 2.46 bits per heavy atom. The number of hydrogen-bond donors (Lipinski definition) is 0. The number of para-hydroxylation sites is 1. The van der Waals surface area contributed by atoms with Gasteiger partial charge in [-0.15, -0.1) is 0 Å². The lowest BCUT2D eigenvalue weighted by Crippen LogP contribution is -2.30. The van der Waals surface area contributed by atoms with Crippen molar-refractivity contribution in [1.29, 1.82) is 0 Å². The molecule has 0 bridgehead atoms. The predicted molar refractivity (Wildman–Crippen MR) is 150 cm³/mol. The number of carbonyl (C=O) groups excluding carboxylic acids is 1. The smallest absolute Gasteiger partial charge is 0.266 e. The molecule has 6 nitrogen and oxygen atoms in total. The maximum Gasteiger partial charge on any atom is 0.266 e. The highest BCUT2D eigenvalue weighted by atomic mass is 32.2. The lowest BCUT2D eigenvalue weighted by molar-refractivity contribution is -0.122. The average Bonchev–Trinajstić information content (AvgIpc) is 3.48. The fraction of sp³-hybridized carbons (Fsp3) is 0.138. The van der Waals surface area contributed by atoms with Gasteiger partial charge in [-0.25, -0.2) is 4.68 Å². The first-order chi connectivity index (χ1) is 18.2. The van der Waals surface area contributed by atoms with E-state index >= 15 is 0 Å². The van der Waals surface area contributed by atoms with E-state index in [0.29, 0.717) is 34.7 Å². The summed E-state index contributed by atoms with van der Waals surface area (Å²) in [5, 5.41) is 4.89. The molecule has 2 aliphatic heterocycles. The number of fused-ring (bicyclic) bond motifs is 1. The number of benzene rings is 3. The SMILES string of the molecule is O=C1/C(=C/c2cn(-c3ccccc3)nc2-c2ccc3c(c2)OCCO3)SC(=S)N1CCc1ccccc1. The van der Waals surface area contributed by atoms with Crippen LogP contribution in [-0.4, -0.2) is 44.7 Å². The molecule has 2 aliphatic rings. The highest BCUT2D eigenvalue weighted by Gasteiger charge is 2.32. The molecule has 0 N–H and O–H groups in total. The van der Waals surface area contributed by atoms with Gasteiger partial charge in [0.05, 0.1) is 10.6 Å². The van der Waals surface area contributed by atoms with Crippen molar-refractivity contribution < 1.29 is 14.3 Å². The number of ether oxygens (including phenoxy) is 2. The van der Waals surface area contributed by atoms with Crippen molar-refractivity contribution in [3.8, 4) is 28.4 Å². The molecule has 0 saturated carbocycles. The molecule has 1 aromatic heterocycles. The fourth-order valence-electron chi connectivity index (χ4n) is 4.34. The molecule has 3 heterocycles. The van der Waals surface area contributed by atoms with Gasteiger partial charge in [-0.3, -0.25) is 9.69 Å². The number of thiocarbonyl (C=S) groups is 1. The van der Waals surface area contributed by atoms with Crippen molar-refractivity contribution in [2.24, 2.45) is 0 Å². The normalized spacial score (nSPS) is 16.0. The molecule has 37 heavy (non-hydrogen) atoms. The van der Waals surface area contributed by atoms with Crippen molar-refractivity contribution in [1.82, 2.24) is 14.7 Å². The van der Waals surface area contributed by atoms with Gasteiger partial charge < -0.3 is 9.47 Å². The quantitative estimate of drug-likeness (QED) is 0.236. The van der Waals surface area contributed by atoms with Crippen molar-refractivity contribution in [2.75, 3.05) is 19.8 Å². The third-order valence-corrected chi connectivity index (χ3v) is 7.58. The van der Waals surface area contributed by atoms with Gasteiger partial charge in [0, 0.05) is 23.9 Å². The van der Waals surface area contributed by atoms with Crippen LogP contribution in [0.4, 0.5) is 0 Å². The molecule has 1 fully saturated rings. The molecule has 6 rings (SSSR count). The molecule has 1 amide bonds. The van der Waals surface area contributed by atoms with E-state index < -0.39 is 0 Å². The van der Waals surface area contributed by atoms with Crippen LogP contribution >= 0.6 is 24.0 Å². The van der Waals surface area contributed by atoms with Crippen LogP contribution < -0.4 is 9.47 Å². The van der Waals surface area contributed by atoms with Gasteiger partial charge >= 0.3 is 0 Å². The number of thioether (sulfide) groups is 1. The van der Waals surface area contributed by atoms with Crippen LogP contribution in [0.25, 0.3) is 23.0 Å². The zero-order valence-electron chi connectivity index (χ0n) is 19.9. The lowest BCUT2D eigenvalue weighted by Gasteiger charge is -2.18. The monoisotopic (exact) mass is 525 g/mol. The van der Waals surface area contributed by atoms with Gasteiger partial charge in [-0.1, -0.05) is 72.5 Å². The average molecular weight is 526 g/mol. The minimum absolute atomic E-state index is 0.0773. The predicted octanol–water partition coefficient (Wildman–Crippen LogP) is 5.75. The molecule has 8 heteroatoms. The zero-order chi connectivity index (χ0) is 25.2. The second-order valence-corrected chi connectivity index (χ2v) is 10.3. The van der Waals surface area contributed by atoms with Gasteiger partial charge in [0.25, 0.3) is 5.91 Å². The van der Waals surface area contributed by atoms with E-state index in [4.69, 9.17) is 26.8 Å². The van der Waals surface area contributed by atoms with E-state index in [9.17, 15) is 4.79 Å². The van der Waals surface area contributed by atoms with Crippen molar-refractivity contribution in [2.45, 2.75) is 6.42 Å². The Hall–Kier alpha value is -3.88. The Morgan fingerprint density at radius 2 is 1.68 bits per heavy atom. The largest absolute Gasteiger partial charge is 0.486 e. The van der Waals surface area contributed by atoms with Crippen LogP contribution in [0.5, 0.6) is 11.5 Å². The molecular weight excluding hydrogens is 502 g/mol. The zero-order valence-corrected chi connectivity index (χ0v) is 21.5. The number of carbonyl (C=O) groups is 1. The third-order valence-electron chi connectivity index (χ3n) is 6.21. The molecule has 3 aromatic carbocycles. The van der Waals surface area contributed by atoms with Gasteiger partial charge in [0.1, 0.15) is 23.2 Å². The van der Waals surface area contributed by atoms with Crippen LogP contribution in [0.15, 0.2) is 90.0 Å². The topological polar surface area (TPSA) is 56.6 Å².